The molecule has 1 atom stereocenters. The van der Waals surface area contributed by atoms with Gasteiger partial charge in [-0.2, -0.15) is 0 Å². The number of rotatable bonds is 3. The zero-order valence-electron chi connectivity index (χ0n) is 17.0. The van der Waals surface area contributed by atoms with Crippen molar-refractivity contribution in [2.45, 2.75) is 53.4 Å². The molecule has 4 heteroatoms. The number of nitrogens with zero attached hydrogens (tertiary/aromatic N) is 1. The molecule has 1 aliphatic heterocycles. The van der Waals surface area contributed by atoms with Crippen molar-refractivity contribution >= 4 is 17.1 Å². The Morgan fingerprint density at radius 3 is 2.42 bits per heavy atom. The van der Waals surface area contributed by atoms with E-state index in [-0.39, 0.29) is 5.41 Å². The van der Waals surface area contributed by atoms with Gasteiger partial charge in [0.05, 0.1) is 5.41 Å². The Hall–Kier alpha value is -2.23. The van der Waals surface area contributed by atoms with Gasteiger partial charge in [0.1, 0.15) is 0 Å². The normalized spacial score (nSPS) is 22.2. The van der Waals surface area contributed by atoms with Gasteiger partial charge in [-0.1, -0.05) is 0 Å². The van der Waals surface area contributed by atoms with Crippen molar-refractivity contribution in [2.75, 3.05) is 30.7 Å². The molecule has 3 rings (SSSR count). The molecule has 1 spiro atoms. The maximum atomic E-state index is 9.08. The third-order valence-electron chi connectivity index (χ3n) is 6.48. The van der Waals surface area contributed by atoms with Crippen LogP contribution in [-0.4, -0.2) is 30.2 Å². The van der Waals surface area contributed by atoms with E-state index >= 15 is 0 Å². The van der Waals surface area contributed by atoms with Crippen LogP contribution < -0.4 is 11.1 Å². The maximum absolute atomic E-state index is 9.08. The number of nitrogens with one attached hydrogen (secondary N) is 2. The minimum absolute atomic E-state index is 0.361. The lowest BCUT2D eigenvalue weighted by Crippen LogP contribution is -2.46. The van der Waals surface area contributed by atoms with Gasteiger partial charge in [-0.15, -0.1) is 0 Å². The van der Waals surface area contributed by atoms with Gasteiger partial charge in [-0.25, -0.2) is 0 Å². The SMILES string of the molecule is CCN(CC)C1=C(C)C2(CCNc3cc(N)c(C)c(C)c32)C(=N)C(C)=C1. The Morgan fingerprint density at radius 1 is 1.15 bits per heavy atom. The van der Waals surface area contributed by atoms with E-state index < -0.39 is 0 Å². The summed E-state index contributed by atoms with van der Waals surface area (Å²) in [6.07, 6.45) is 3.11. The average molecular weight is 353 g/mol. The van der Waals surface area contributed by atoms with Crippen LogP contribution in [0.4, 0.5) is 11.4 Å². The topological polar surface area (TPSA) is 65.1 Å². The molecule has 26 heavy (non-hydrogen) atoms. The van der Waals surface area contributed by atoms with Gasteiger partial charge in [-0.05, 0) is 87.9 Å². The largest absolute Gasteiger partial charge is 0.398 e. The summed E-state index contributed by atoms with van der Waals surface area (Å²) in [5.41, 5.74) is 15.8. The molecule has 0 radical (unpaired) electrons. The molecule has 0 saturated carbocycles. The van der Waals surface area contributed by atoms with Crippen LogP contribution in [0.2, 0.25) is 0 Å². The van der Waals surface area contributed by atoms with Crippen molar-refractivity contribution in [1.82, 2.24) is 4.90 Å². The Kier molecular flexibility index (Phi) is 4.63. The number of hydrogen-bond donors (Lipinski definition) is 3. The fourth-order valence-corrected chi connectivity index (χ4v) is 4.79. The molecule has 2 aliphatic rings. The molecule has 1 unspecified atom stereocenters. The van der Waals surface area contributed by atoms with E-state index in [1.54, 1.807) is 0 Å². The summed E-state index contributed by atoms with van der Waals surface area (Å²) < 4.78 is 0. The summed E-state index contributed by atoms with van der Waals surface area (Å²) >= 11 is 0. The third kappa shape index (κ3) is 2.38. The number of nitrogens with two attached hydrogens (primary N) is 1. The predicted octanol–water partition coefficient (Wildman–Crippen LogP) is 4.53. The number of hydrogen-bond acceptors (Lipinski definition) is 4. The molecule has 140 valence electrons. The summed E-state index contributed by atoms with van der Waals surface area (Å²) in [5.74, 6) is 0. The number of anilines is 2. The summed E-state index contributed by atoms with van der Waals surface area (Å²) in [7, 11) is 0. The summed E-state index contributed by atoms with van der Waals surface area (Å²) in [4.78, 5) is 2.41. The monoisotopic (exact) mass is 352 g/mol. The molecule has 1 heterocycles. The lowest BCUT2D eigenvalue weighted by atomic mass is 9.61. The van der Waals surface area contributed by atoms with Gasteiger partial charge in [0.25, 0.3) is 0 Å². The zero-order chi connectivity index (χ0) is 19.2. The molecule has 1 aromatic rings. The second kappa shape index (κ2) is 6.49. The van der Waals surface area contributed by atoms with Gasteiger partial charge in [-0.3, -0.25) is 0 Å². The molecule has 1 aliphatic carbocycles. The van der Waals surface area contributed by atoms with E-state index in [1.165, 1.54) is 22.4 Å². The molecule has 0 amide bonds. The van der Waals surface area contributed by atoms with Crippen molar-refractivity contribution in [3.63, 3.8) is 0 Å². The second-order valence-electron chi connectivity index (χ2n) is 7.61. The van der Waals surface area contributed by atoms with Gasteiger partial charge < -0.3 is 21.4 Å². The molecule has 1 aromatic carbocycles. The van der Waals surface area contributed by atoms with Crippen LogP contribution >= 0.6 is 0 Å². The quantitative estimate of drug-likeness (QED) is 0.700. The standard InChI is InChI=1S/C22H32N4/c1-7-26(8-2)19-11-13(3)21(24)22(16(19)6)9-10-25-18-12-17(23)14(4)15(5)20(18)22/h11-12,24-25H,7-10,23H2,1-6H3. The van der Waals surface area contributed by atoms with Gasteiger partial charge >= 0.3 is 0 Å². The maximum Gasteiger partial charge on any atom is 0.0639 e. The van der Waals surface area contributed by atoms with Crippen molar-refractivity contribution in [3.8, 4) is 0 Å². The fraction of sp³-hybridized carbons (Fsp3) is 0.500. The molecule has 0 saturated heterocycles. The minimum Gasteiger partial charge on any atom is -0.398 e. The second-order valence-corrected chi connectivity index (χ2v) is 7.61. The minimum atomic E-state index is -0.361. The number of allylic oxidation sites excluding steroid dienone is 3. The molecule has 0 fully saturated rings. The highest BCUT2D eigenvalue weighted by molar-refractivity contribution is 6.11. The van der Waals surface area contributed by atoms with E-state index in [0.29, 0.717) is 0 Å². The van der Waals surface area contributed by atoms with Crippen LogP contribution in [0.1, 0.15) is 50.8 Å². The van der Waals surface area contributed by atoms with Crippen LogP contribution in [0.3, 0.4) is 0 Å². The smallest absolute Gasteiger partial charge is 0.0639 e. The Morgan fingerprint density at radius 2 is 1.81 bits per heavy atom. The molecular weight excluding hydrogens is 320 g/mol. The zero-order valence-corrected chi connectivity index (χ0v) is 17.0. The van der Waals surface area contributed by atoms with Crippen LogP contribution in [0.15, 0.2) is 29.0 Å². The summed E-state index contributed by atoms with van der Waals surface area (Å²) in [5, 5.41) is 12.6. The lowest BCUT2D eigenvalue weighted by Gasteiger charge is -2.46. The molecule has 0 aromatic heterocycles. The highest BCUT2D eigenvalue weighted by atomic mass is 15.1. The fourth-order valence-electron chi connectivity index (χ4n) is 4.79. The first-order valence-corrected chi connectivity index (χ1v) is 9.67. The number of benzene rings is 1. The van der Waals surface area contributed by atoms with E-state index in [1.807, 2.05) is 0 Å². The van der Waals surface area contributed by atoms with Crippen LogP contribution in [0, 0.1) is 19.3 Å². The first-order chi connectivity index (χ1) is 12.3. The van der Waals surface area contributed by atoms with Crippen LogP contribution in [0.5, 0.6) is 0 Å². The van der Waals surface area contributed by atoms with Gasteiger partial charge in [0, 0.05) is 42.4 Å². The van der Waals surface area contributed by atoms with Crippen molar-refractivity contribution < 1.29 is 0 Å². The number of fused-ring (bicyclic) bond motifs is 2. The van der Waals surface area contributed by atoms with Crippen molar-refractivity contribution in [2.24, 2.45) is 0 Å². The van der Waals surface area contributed by atoms with Crippen LogP contribution in [0.25, 0.3) is 0 Å². The number of nitrogen functional groups attached to an aromatic ring is 1. The van der Waals surface area contributed by atoms with Gasteiger partial charge in [0.15, 0.2) is 0 Å². The van der Waals surface area contributed by atoms with Crippen molar-refractivity contribution in [1.29, 1.82) is 5.41 Å². The predicted molar refractivity (Wildman–Crippen MR) is 112 cm³/mol. The van der Waals surface area contributed by atoms with E-state index in [4.69, 9.17) is 11.1 Å². The molecule has 4 nitrogen and oxygen atoms in total. The van der Waals surface area contributed by atoms with E-state index in [2.05, 4.69) is 63.9 Å². The lowest BCUT2D eigenvalue weighted by molar-refractivity contribution is 0.380. The summed E-state index contributed by atoms with van der Waals surface area (Å²) in [6.45, 7) is 15.8. The van der Waals surface area contributed by atoms with E-state index in [9.17, 15) is 0 Å². The molecular formula is C22H32N4. The number of likely N-dealkylation sites (N-methyl/N-ethyl adjacent to an activating group) is 1. The Balaban J connectivity index is 2.36. The summed E-state index contributed by atoms with van der Waals surface area (Å²) in [6, 6.07) is 2.06. The molecule has 4 N–H and O–H groups in total. The highest BCUT2D eigenvalue weighted by Gasteiger charge is 2.47. The molecule has 0 bridgehead atoms. The Labute approximate surface area is 157 Å². The van der Waals surface area contributed by atoms with Gasteiger partial charge in [0.2, 0.25) is 0 Å². The van der Waals surface area contributed by atoms with Crippen molar-refractivity contribution in [3.05, 3.63) is 45.7 Å². The van der Waals surface area contributed by atoms with Crippen LogP contribution in [-0.2, 0) is 5.41 Å². The Bertz CT molecular complexity index is 827. The third-order valence-corrected chi connectivity index (χ3v) is 6.48. The highest BCUT2D eigenvalue weighted by Crippen LogP contribution is 2.51. The first-order valence-electron chi connectivity index (χ1n) is 9.67. The van der Waals surface area contributed by atoms with E-state index in [0.717, 1.165) is 54.3 Å². The average Bonchev–Trinajstić information content (AvgIpc) is 2.63. The first kappa shape index (κ1) is 18.6.